The zero-order valence-corrected chi connectivity index (χ0v) is 18.0. The Bertz CT molecular complexity index is 984. The molecule has 2 aromatic carbocycles. The van der Waals surface area contributed by atoms with Gasteiger partial charge in [-0.05, 0) is 54.8 Å². The summed E-state index contributed by atoms with van der Waals surface area (Å²) >= 11 is 7.87. The second kappa shape index (κ2) is 10.2. The monoisotopic (exact) mass is 442 g/mol. The zero-order valence-electron chi connectivity index (χ0n) is 16.5. The fourth-order valence-electron chi connectivity index (χ4n) is 3.28. The number of carbonyl (C=O) groups excluding carboxylic acids is 1. The molecule has 4 rings (SSSR count). The minimum absolute atomic E-state index is 0.125. The van der Waals surface area contributed by atoms with E-state index in [2.05, 4.69) is 16.4 Å². The Kier molecular flexibility index (Phi) is 7.10. The smallest absolute Gasteiger partial charge is 0.230 e. The first-order valence-electron chi connectivity index (χ1n) is 9.94. The third-order valence-electron chi connectivity index (χ3n) is 4.85. The van der Waals surface area contributed by atoms with Gasteiger partial charge in [0, 0.05) is 40.5 Å². The van der Waals surface area contributed by atoms with Crippen LogP contribution in [-0.4, -0.2) is 29.4 Å². The van der Waals surface area contributed by atoms with Gasteiger partial charge in [-0.1, -0.05) is 23.7 Å². The summed E-state index contributed by atoms with van der Waals surface area (Å²) in [5, 5.41) is 4.26. The molecule has 30 heavy (non-hydrogen) atoms. The van der Waals surface area contributed by atoms with Crippen molar-refractivity contribution in [2.24, 2.45) is 0 Å². The first-order valence-corrected chi connectivity index (χ1v) is 11.4. The van der Waals surface area contributed by atoms with Gasteiger partial charge in [-0.25, -0.2) is 4.98 Å². The van der Waals surface area contributed by atoms with Crippen LogP contribution in [0, 0.1) is 0 Å². The molecule has 1 aromatic heterocycles. The molecule has 1 N–H and O–H groups in total. The van der Waals surface area contributed by atoms with Gasteiger partial charge in [0.25, 0.3) is 0 Å². The van der Waals surface area contributed by atoms with Crippen molar-refractivity contribution in [1.29, 1.82) is 0 Å². The standard InChI is InChI=1S/C23H23ClN2O3S/c24-18-6-4-17(5-7-18)23-26-20(14-29-23)13-22(27)25-19-3-1-2-16(12-19)15-30-21-8-10-28-11-9-21/h1-7,12,14,21H,8-11,13,15H2,(H,25,27). The summed E-state index contributed by atoms with van der Waals surface area (Å²) < 4.78 is 10.9. The zero-order chi connectivity index (χ0) is 20.8. The number of ether oxygens (including phenoxy) is 1. The SMILES string of the molecule is O=C(Cc1coc(-c2ccc(Cl)cc2)n1)Nc1cccc(CSC2CCOCC2)c1. The lowest BCUT2D eigenvalue weighted by atomic mass is 10.2. The van der Waals surface area contributed by atoms with E-state index >= 15 is 0 Å². The number of carbonyl (C=O) groups is 1. The molecule has 1 fully saturated rings. The number of oxazole rings is 1. The predicted molar refractivity (Wildman–Crippen MR) is 121 cm³/mol. The highest BCUT2D eigenvalue weighted by Gasteiger charge is 2.14. The molecule has 1 saturated heterocycles. The quantitative estimate of drug-likeness (QED) is 0.516. The van der Waals surface area contributed by atoms with Crippen LogP contribution in [0.3, 0.4) is 0 Å². The molecule has 2 heterocycles. The van der Waals surface area contributed by atoms with E-state index in [0.29, 0.717) is 21.9 Å². The number of nitrogens with zero attached hydrogens (tertiary/aromatic N) is 1. The summed E-state index contributed by atoms with van der Waals surface area (Å²) in [4.78, 5) is 16.9. The molecular weight excluding hydrogens is 420 g/mol. The molecule has 0 atom stereocenters. The number of rotatable bonds is 7. The number of nitrogens with one attached hydrogen (secondary N) is 1. The lowest BCUT2D eigenvalue weighted by Crippen LogP contribution is -2.17. The number of hydrogen-bond donors (Lipinski definition) is 1. The van der Waals surface area contributed by atoms with Gasteiger partial charge in [0.2, 0.25) is 11.8 Å². The average Bonchev–Trinajstić information content (AvgIpc) is 3.22. The normalized spacial score (nSPS) is 14.6. The van der Waals surface area contributed by atoms with E-state index in [0.717, 1.165) is 43.1 Å². The summed E-state index contributed by atoms with van der Waals surface area (Å²) in [6.07, 6.45) is 3.89. The van der Waals surface area contributed by atoms with Crippen molar-refractivity contribution in [3.63, 3.8) is 0 Å². The Labute approximate surface area is 185 Å². The summed E-state index contributed by atoms with van der Waals surface area (Å²) in [7, 11) is 0. The number of halogens is 1. The van der Waals surface area contributed by atoms with Crippen molar-refractivity contribution in [2.45, 2.75) is 30.3 Å². The summed E-state index contributed by atoms with van der Waals surface area (Å²) in [5.41, 5.74) is 3.41. The van der Waals surface area contributed by atoms with Gasteiger partial charge in [0.1, 0.15) is 6.26 Å². The fourth-order valence-corrected chi connectivity index (χ4v) is 4.54. The van der Waals surface area contributed by atoms with E-state index in [4.69, 9.17) is 20.8 Å². The molecule has 3 aromatic rings. The number of anilines is 1. The van der Waals surface area contributed by atoms with Gasteiger partial charge >= 0.3 is 0 Å². The number of aromatic nitrogens is 1. The Morgan fingerprint density at radius 3 is 2.77 bits per heavy atom. The van der Waals surface area contributed by atoms with Gasteiger partial charge in [-0.3, -0.25) is 4.79 Å². The van der Waals surface area contributed by atoms with Gasteiger partial charge in [-0.2, -0.15) is 11.8 Å². The highest BCUT2D eigenvalue weighted by molar-refractivity contribution is 7.99. The Morgan fingerprint density at radius 2 is 1.97 bits per heavy atom. The Hall–Kier alpha value is -2.28. The van der Waals surface area contributed by atoms with Crippen LogP contribution in [0.15, 0.2) is 59.2 Å². The molecule has 7 heteroatoms. The van der Waals surface area contributed by atoms with E-state index in [1.165, 1.54) is 11.8 Å². The van der Waals surface area contributed by atoms with Crippen LogP contribution in [0.25, 0.3) is 11.5 Å². The maximum Gasteiger partial charge on any atom is 0.230 e. The van der Waals surface area contributed by atoms with Gasteiger partial charge in [0.05, 0.1) is 12.1 Å². The highest BCUT2D eigenvalue weighted by atomic mass is 35.5. The second-order valence-corrected chi connectivity index (χ2v) is 8.92. The summed E-state index contributed by atoms with van der Waals surface area (Å²) in [6, 6.07) is 15.2. The maximum absolute atomic E-state index is 12.5. The molecular formula is C23H23ClN2O3S. The first kappa shape index (κ1) is 21.0. The van der Waals surface area contributed by atoms with E-state index in [1.54, 1.807) is 12.1 Å². The largest absolute Gasteiger partial charge is 0.444 e. The minimum atomic E-state index is -0.125. The lowest BCUT2D eigenvalue weighted by molar-refractivity contribution is -0.115. The van der Waals surface area contributed by atoms with Gasteiger partial charge in [-0.15, -0.1) is 0 Å². The average molecular weight is 443 g/mol. The van der Waals surface area contributed by atoms with Crippen LogP contribution < -0.4 is 5.32 Å². The topological polar surface area (TPSA) is 64.4 Å². The minimum Gasteiger partial charge on any atom is -0.444 e. The highest BCUT2D eigenvalue weighted by Crippen LogP contribution is 2.26. The van der Waals surface area contributed by atoms with Crippen molar-refractivity contribution >= 4 is 35.0 Å². The van der Waals surface area contributed by atoms with Crippen molar-refractivity contribution in [1.82, 2.24) is 4.98 Å². The van der Waals surface area contributed by atoms with Gasteiger partial charge in [0.15, 0.2) is 0 Å². The molecule has 1 amide bonds. The van der Waals surface area contributed by atoms with Crippen LogP contribution >= 0.6 is 23.4 Å². The van der Waals surface area contributed by atoms with Crippen molar-refractivity contribution in [3.05, 3.63) is 71.1 Å². The molecule has 0 aliphatic carbocycles. The number of amides is 1. The lowest BCUT2D eigenvalue weighted by Gasteiger charge is -2.21. The molecule has 1 aliphatic rings. The fraction of sp³-hybridized carbons (Fsp3) is 0.304. The van der Waals surface area contributed by atoms with Crippen LogP contribution in [0.2, 0.25) is 5.02 Å². The third-order valence-corrected chi connectivity index (χ3v) is 6.54. The number of hydrogen-bond acceptors (Lipinski definition) is 5. The molecule has 5 nitrogen and oxygen atoms in total. The number of thioether (sulfide) groups is 1. The second-order valence-electron chi connectivity index (χ2n) is 7.20. The first-order chi connectivity index (χ1) is 14.7. The van der Waals surface area contributed by atoms with E-state index in [9.17, 15) is 4.79 Å². The maximum atomic E-state index is 12.5. The molecule has 0 radical (unpaired) electrons. The molecule has 1 aliphatic heterocycles. The summed E-state index contributed by atoms with van der Waals surface area (Å²) in [6.45, 7) is 1.71. The van der Waals surface area contributed by atoms with Crippen molar-refractivity contribution in [2.75, 3.05) is 18.5 Å². The van der Waals surface area contributed by atoms with Crippen LogP contribution in [0.1, 0.15) is 24.1 Å². The molecule has 0 spiro atoms. The van der Waals surface area contributed by atoms with Crippen molar-refractivity contribution in [3.8, 4) is 11.5 Å². The molecule has 0 saturated carbocycles. The summed E-state index contributed by atoms with van der Waals surface area (Å²) in [5.74, 6) is 1.28. The van der Waals surface area contributed by atoms with Crippen LogP contribution in [0.4, 0.5) is 5.69 Å². The Morgan fingerprint density at radius 1 is 1.17 bits per heavy atom. The number of benzene rings is 2. The predicted octanol–water partition coefficient (Wildman–Crippen LogP) is 5.59. The van der Waals surface area contributed by atoms with Crippen LogP contribution in [-0.2, 0) is 21.7 Å². The van der Waals surface area contributed by atoms with Gasteiger partial charge < -0.3 is 14.5 Å². The van der Waals surface area contributed by atoms with E-state index in [1.807, 2.05) is 42.1 Å². The van der Waals surface area contributed by atoms with Crippen molar-refractivity contribution < 1.29 is 13.9 Å². The van der Waals surface area contributed by atoms with E-state index in [-0.39, 0.29) is 12.3 Å². The van der Waals surface area contributed by atoms with Crippen LogP contribution in [0.5, 0.6) is 0 Å². The molecule has 156 valence electrons. The molecule has 0 unspecified atom stereocenters. The third kappa shape index (κ3) is 5.88. The molecule has 0 bridgehead atoms. The Balaban J connectivity index is 1.31. The van der Waals surface area contributed by atoms with E-state index < -0.39 is 0 Å².